The minimum Gasteiger partial charge on any atom is -0.385 e. The third kappa shape index (κ3) is 2.13. The van der Waals surface area contributed by atoms with Crippen LogP contribution in [0.4, 0.5) is 0 Å². The third-order valence-electron chi connectivity index (χ3n) is 6.44. The van der Waals surface area contributed by atoms with Gasteiger partial charge in [0.05, 0.1) is 18.8 Å². The lowest BCUT2D eigenvalue weighted by atomic mass is 9.71. The van der Waals surface area contributed by atoms with E-state index in [9.17, 15) is 5.11 Å². The normalized spacial score (nSPS) is 43.1. The van der Waals surface area contributed by atoms with Gasteiger partial charge in [-0.2, -0.15) is 0 Å². The van der Waals surface area contributed by atoms with E-state index in [1.165, 1.54) is 12.0 Å². The molecule has 0 aromatic heterocycles. The van der Waals surface area contributed by atoms with Crippen molar-refractivity contribution in [2.45, 2.75) is 57.3 Å². The molecular weight excluding hydrogens is 276 g/mol. The number of fused-ring (bicyclic) bond motifs is 2. The standard InChI is InChI=1S/C19H28O3/c1-13(2)14-3-4-16(11-14)18(20)12-17-6-5-15(18)7-8-19(17)21-9-10-22-19/h5-6,11,13-15,17,20H,3-4,7-10,12H2,1-2H3/t14-,15+,17+,18+/m0/s1. The first-order valence-corrected chi connectivity index (χ1v) is 8.93. The van der Waals surface area contributed by atoms with Crippen molar-refractivity contribution in [2.24, 2.45) is 23.7 Å². The fourth-order valence-corrected chi connectivity index (χ4v) is 4.99. The van der Waals surface area contributed by atoms with Crippen molar-refractivity contribution in [3.8, 4) is 0 Å². The van der Waals surface area contributed by atoms with Gasteiger partial charge in [0.2, 0.25) is 0 Å². The number of allylic oxidation sites excluding steroid dienone is 1. The number of ether oxygens (including phenoxy) is 2. The van der Waals surface area contributed by atoms with E-state index in [-0.39, 0.29) is 11.8 Å². The molecule has 0 aromatic rings. The molecule has 2 bridgehead atoms. The topological polar surface area (TPSA) is 38.7 Å². The minimum absolute atomic E-state index is 0.178. The Hall–Kier alpha value is -0.640. The molecule has 4 atom stereocenters. The molecule has 0 aromatic carbocycles. The summed E-state index contributed by atoms with van der Waals surface area (Å²) in [6.07, 6.45) is 11.7. The molecule has 4 aliphatic carbocycles. The van der Waals surface area contributed by atoms with Crippen LogP contribution >= 0.6 is 0 Å². The smallest absolute Gasteiger partial charge is 0.174 e. The van der Waals surface area contributed by atoms with Gasteiger partial charge in [-0.15, -0.1) is 0 Å². The first kappa shape index (κ1) is 14.9. The van der Waals surface area contributed by atoms with E-state index >= 15 is 0 Å². The molecule has 1 saturated heterocycles. The average Bonchev–Trinajstić information content (AvgIpc) is 3.11. The maximum Gasteiger partial charge on any atom is 0.174 e. The largest absolute Gasteiger partial charge is 0.385 e. The summed E-state index contributed by atoms with van der Waals surface area (Å²) in [7, 11) is 0. The number of hydrogen-bond donors (Lipinski definition) is 1. The van der Waals surface area contributed by atoms with Crippen LogP contribution in [0.15, 0.2) is 23.8 Å². The molecule has 22 heavy (non-hydrogen) atoms. The van der Waals surface area contributed by atoms with Gasteiger partial charge in [-0.05, 0) is 43.1 Å². The number of rotatable bonds is 2. The van der Waals surface area contributed by atoms with E-state index in [4.69, 9.17) is 9.47 Å². The Labute approximate surface area is 133 Å². The van der Waals surface area contributed by atoms with Gasteiger partial charge >= 0.3 is 0 Å². The average molecular weight is 304 g/mol. The van der Waals surface area contributed by atoms with E-state index in [0.29, 0.717) is 25.0 Å². The van der Waals surface area contributed by atoms with Crippen LogP contribution in [0.25, 0.3) is 0 Å². The van der Waals surface area contributed by atoms with Crippen molar-refractivity contribution in [3.05, 3.63) is 23.8 Å². The second kappa shape index (κ2) is 5.19. The Morgan fingerprint density at radius 1 is 1.14 bits per heavy atom. The second-order valence-corrected chi connectivity index (χ2v) is 7.91. The summed E-state index contributed by atoms with van der Waals surface area (Å²) in [5.41, 5.74) is 0.600. The SMILES string of the molecule is CC(C)[C@@H]1C=C([C@@]2(O)C[C@H]3C=C[C@@H]2CCC32OCCO2)CC1. The van der Waals surface area contributed by atoms with Crippen LogP contribution in [-0.2, 0) is 9.47 Å². The molecule has 0 unspecified atom stereocenters. The predicted molar refractivity (Wildman–Crippen MR) is 85.2 cm³/mol. The van der Waals surface area contributed by atoms with Crippen LogP contribution < -0.4 is 0 Å². The van der Waals surface area contributed by atoms with Gasteiger partial charge in [-0.25, -0.2) is 0 Å². The zero-order valence-corrected chi connectivity index (χ0v) is 13.8. The Balaban J connectivity index is 1.64. The first-order valence-electron chi connectivity index (χ1n) is 8.93. The lowest BCUT2D eigenvalue weighted by Gasteiger charge is -2.41. The van der Waals surface area contributed by atoms with Gasteiger partial charge in [0.1, 0.15) is 0 Å². The van der Waals surface area contributed by atoms with Gasteiger partial charge in [0, 0.05) is 18.3 Å². The zero-order valence-electron chi connectivity index (χ0n) is 13.8. The van der Waals surface area contributed by atoms with E-state index in [2.05, 4.69) is 32.1 Å². The summed E-state index contributed by atoms with van der Waals surface area (Å²) >= 11 is 0. The summed E-state index contributed by atoms with van der Waals surface area (Å²) in [5.74, 6) is 1.21. The molecular formula is C19H28O3. The lowest BCUT2D eigenvalue weighted by molar-refractivity contribution is -0.190. The van der Waals surface area contributed by atoms with Gasteiger partial charge in [-0.3, -0.25) is 0 Å². The predicted octanol–water partition coefficient (Wildman–Crippen LogP) is 3.44. The van der Waals surface area contributed by atoms with Crippen LogP contribution in [0.3, 0.4) is 0 Å². The fourth-order valence-electron chi connectivity index (χ4n) is 4.99. The maximum atomic E-state index is 11.6. The molecule has 2 fully saturated rings. The summed E-state index contributed by atoms with van der Waals surface area (Å²) < 4.78 is 12.0. The van der Waals surface area contributed by atoms with Crippen LogP contribution in [0.2, 0.25) is 0 Å². The first-order chi connectivity index (χ1) is 10.5. The van der Waals surface area contributed by atoms with Crippen molar-refractivity contribution < 1.29 is 14.6 Å². The molecule has 5 aliphatic rings. The van der Waals surface area contributed by atoms with Crippen molar-refractivity contribution in [2.75, 3.05) is 13.2 Å². The zero-order chi connectivity index (χ0) is 15.4. The summed E-state index contributed by atoms with van der Waals surface area (Å²) in [6, 6.07) is 0. The number of hydrogen-bond acceptors (Lipinski definition) is 3. The Morgan fingerprint density at radius 2 is 1.86 bits per heavy atom. The highest BCUT2D eigenvalue weighted by atomic mass is 16.7. The van der Waals surface area contributed by atoms with E-state index in [1.54, 1.807) is 0 Å². The Morgan fingerprint density at radius 3 is 2.55 bits per heavy atom. The molecule has 1 aliphatic heterocycles. The maximum absolute atomic E-state index is 11.6. The fraction of sp³-hybridized carbons (Fsp3) is 0.789. The van der Waals surface area contributed by atoms with Crippen molar-refractivity contribution in [1.82, 2.24) is 0 Å². The summed E-state index contributed by atoms with van der Waals surface area (Å²) in [4.78, 5) is 0. The summed E-state index contributed by atoms with van der Waals surface area (Å²) in [6.45, 7) is 5.93. The quantitative estimate of drug-likeness (QED) is 0.794. The molecule has 1 saturated carbocycles. The van der Waals surface area contributed by atoms with Crippen molar-refractivity contribution in [3.63, 3.8) is 0 Å². The minimum atomic E-state index is -0.679. The van der Waals surface area contributed by atoms with Gasteiger partial charge in [-0.1, -0.05) is 32.1 Å². The van der Waals surface area contributed by atoms with E-state index in [1.807, 2.05) is 0 Å². The highest BCUT2D eigenvalue weighted by molar-refractivity contribution is 5.30. The van der Waals surface area contributed by atoms with Gasteiger partial charge in [0.25, 0.3) is 0 Å². The van der Waals surface area contributed by atoms with Gasteiger partial charge in [0.15, 0.2) is 5.79 Å². The number of aliphatic hydroxyl groups is 1. The molecule has 3 heteroatoms. The molecule has 1 heterocycles. The summed E-state index contributed by atoms with van der Waals surface area (Å²) in [5, 5.41) is 11.6. The van der Waals surface area contributed by atoms with Crippen molar-refractivity contribution in [1.29, 1.82) is 0 Å². The molecule has 1 spiro atoms. The Kier molecular flexibility index (Phi) is 3.52. The van der Waals surface area contributed by atoms with Crippen LogP contribution in [0, 0.1) is 23.7 Å². The lowest BCUT2D eigenvalue weighted by Crippen LogP contribution is -2.45. The molecule has 0 radical (unpaired) electrons. The van der Waals surface area contributed by atoms with Crippen LogP contribution in [0.5, 0.6) is 0 Å². The van der Waals surface area contributed by atoms with Crippen LogP contribution in [-0.4, -0.2) is 29.7 Å². The molecule has 3 nitrogen and oxygen atoms in total. The molecule has 5 rings (SSSR count). The van der Waals surface area contributed by atoms with Crippen molar-refractivity contribution >= 4 is 0 Å². The van der Waals surface area contributed by atoms with Gasteiger partial charge < -0.3 is 14.6 Å². The third-order valence-corrected chi connectivity index (χ3v) is 6.44. The molecule has 0 amide bonds. The monoisotopic (exact) mass is 304 g/mol. The highest BCUT2D eigenvalue weighted by Gasteiger charge is 2.55. The molecule has 122 valence electrons. The van der Waals surface area contributed by atoms with Crippen LogP contribution in [0.1, 0.15) is 46.0 Å². The Bertz CT molecular complexity index is 501. The molecule has 1 N–H and O–H groups in total. The van der Waals surface area contributed by atoms with E-state index < -0.39 is 11.4 Å². The second-order valence-electron chi connectivity index (χ2n) is 7.91. The highest BCUT2D eigenvalue weighted by Crippen LogP contribution is 2.53. The van der Waals surface area contributed by atoms with E-state index in [0.717, 1.165) is 25.7 Å².